The molecule has 0 atom stereocenters. The van der Waals surface area contributed by atoms with Crippen LogP contribution in [0.5, 0.6) is 0 Å². The predicted molar refractivity (Wildman–Crippen MR) is 131 cm³/mol. The number of aryl methyl sites for hydroxylation is 1. The zero-order valence-electron chi connectivity index (χ0n) is 18.6. The van der Waals surface area contributed by atoms with Crippen LogP contribution in [0, 0.1) is 6.92 Å². The first-order valence-corrected chi connectivity index (χ1v) is 12.9. The van der Waals surface area contributed by atoms with Crippen LogP contribution in [0.1, 0.15) is 12.5 Å². The molecule has 0 saturated carbocycles. The SMILES string of the molecule is CCn1c(SCC(=O)Nc2ccc(C)c(NS(=O)(=O)c3ccccc3)c2)nnc1-c1ccco1. The summed E-state index contributed by atoms with van der Waals surface area (Å²) in [5, 5.41) is 11.8. The Bertz CT molecular complexity index is 1380. The molecule has 4 aromatic rings. The molecule has 9 nitrogen and oxygen atoms in total. The molecule has 2 N–H and O–H groups in total. The number of hydrogen-bond donors (Lipinski definition) is 2. The molecule has 2 aromatic heterocycles. The molecule has 0 unspecified atom stereocenters. The fraction of sp³-hybridized carbons (Fsp3) is 0.174. The molecule has 2 aromatic carbocycles. The van der Waals surface area contributed by atoms with Gasteiger partial charge in [0, 0.05) is 12.2 Å². The molecular weight excluding hydrogens is 474 g/mol. The first kappa shape index (κ1) is 23.6. The summed E-state index contributed by atoms with van der Waals surface area (Å²) in [4.78, 5) is 12.7. The van der Waals surface area contributed by atoms with Crippen molar-refractivity contribution in [1.29, 1.82) is 0 Å². The maximum Gasteiger partial charge on any atom is 0.261 e. The van der Waals surface area contributed by atoms with Gasteiger partial charge in [-0.2, -0.15) is 0 Å². The average molecular weight is 498 g/mol. The Hall–Kier alpha value is -3.57. The minimum atomic E-state index is -3.74. The monoisotopic (exact) mass is 497 g/mol. The van der Waals surface area contributed by atoms with Crippen LogP contribution in [0.3, 0.4) is 0 Å². The number of aromatic nitrogens is 3. The van der Waals surface area contributed by atoms with E-state index < -0.39 is 10.0 Å². The summed E-state index contributed by atoms with van der Waals surface area (Å²) in [7, 11) is -3.74. The first-order chi connectivity index (χ1) is 16.4. The minimum Gasteiger partial charge on any atom is -0.461 e. The van der Waals surface area contributed by atoms with Gasteiger partial charge in [-0.25, -0.2) is 8.42 Å². The zero-order chi connectivity index (χ0) is 24.1. The first-order valence-electron chi connectivity index (χ1n) is 10.5. The molecule has 2 heterocycles. The third-order valence-corrected chi connectivity index (χ3v) is 7.27. The van der Waals surface area contributed by atoms with Crippen molar-refractivity contribution in [2.24, 2.45) is 0 Å². The predicted octanol–water partition coefficient (Wildman–Crippen LogP) is 4.40. The summed E-state index contributed by atoms with van der Waals surface area (Å²) in [5.74, 6) is 1.06. The van der Waals surface area contributed by atoms with E-state index in [2.05, 4.69) is 20.2 Å². The van der Waals surface area contributed by atoms with E-state index in [0.717, 1.165) is 5.56 Å². The van der Waals surface area contributed by atoms with Crippen LogP contribution in [0.25, 0.3) is 11.6 Å². The van der Waals surface area contributed by atoms with Crippen LogP contribution >= 0.6 is 11.8 Å². The highest BCUT2D eigenvalue weighted by molar-refractivity contribution is 7.99. The molecule has 176 valence electrons. The summed E-state index contributed by atoms with van der Waals surface area (Å²) in [6, 6.07) is 16.8. The van der Waals surface area contributed by atoms with E-state index in [9.17, 15) is 13.2 Å². The summed E-state index contributed by atoms with van der Waals surface area (Å²) >= 11 is 1.26. The van der Waals surface area contributed by atoms with Gasteiger partial charge in [0.05, 0.1) is 22.6 Å². The van der Waals surface area contributed by atoms with Gasteiger partial charge in [0.2, 0.25) is 5.91 Å². The molecule has 0 aliphatic carbocycles. The number of thioether (sulfide) groups is 1. The number of sulfonamides is 1. The third kappa shape index (κ3) is 5.32. The Balaban J connectivity index is 1.42. The number of carbonyl (C=O) groups is 1. The van der Waals surface area contributed by atoms with Crippen molar-refractivity contribution >= 4 is 39.1 Å². The second-order valence-corrected chi connectivity index (χ2v) is 9.94. The summed E-state index contributed by atoms with van der Waals surface area (Å²) in [6.07, 6.45) is 1.57. The normalized spacial score (nSPS) is 11.4. The van der Waals surface area contributed by atoms with Crippen molar-refractivity contribution in [2.45, 2.75) is 30.4 Å². The lowest BCUT2D eigenvalue weighted by Gasteiger charge is -2.13. The lowest BCUT2D eigenvalue weighted by molar-refractivity contribution is -0.113. The number of nitrogens with one attached hydrogen (secondary N) is 2. The number of nitrogens with zero attached hydrogens (tertiary/aromatic N) is 3. The summed E-state index contributed by atoms with van der Waals surface area (Å²) in [6.45, 7) is 4.37. The number of amides is 1. The molecule has 0 spiro atoms. The Morgan fingerprint density at radius 1 is 1.09 bits per heavy atom. The third-order valence-electron chi connectivity index (χ3n) is 4.93. The molecule has 0 bridgehead atoms. The number of furan rings is 1. The highest BCUT2D eigenvalue weighted by Gasteiger charge is 2.17. The fourth-order valence-electron chi connectivity index (χ4n) is 3.21. The maximum absolute atomic E-state index is 12.7. The lowest BCUT2D eigenvalue weighted by atomic mass is 10.2. The molecule has 34 heavy (non-hydrogen) atoms. The molecular formula is C23H23N5O4S2. The van der Waals surface area contributed by atoms with Crippen molar-refractivity contribution in [3.8, 4) is 11.6 Å². The van der Waals surface area contributed by atoms with E-state index >= 15 is 0 Å². The number of carbonyl (C=O) groups excluding carboxylic acids is 1. The number of hydrogen-bond acceptors (Lipinski definition) is 7. The van der Waals surface area contributed by atoms with Crippen LogP contribution in [0.15, 0.2) is 81.4 Å². The standard InChI is InChI=1S/C23H23N5O4S2/c1-3-28-22(20-10-7-13-32-20)25-26-23(28)33-15-21(29)24-17-12-11-16(2)19(14-17)27-34(30,31)18-8-5-4-6-9-18/h4-14,27H,3,15H2,1-2H3,(H,24,29). The van der Waals surface area contributed by atoms with Crippen LogP contribution in [0.4, 0.5) is 11.4 Å². The zero-order valence-corrected chi connectivity index (χ0v) is 20.2. The largest absolute Gasteiger partial charge is 0.461 e. The van der Waals surface area contributed by atoms with Gasteiger partial charge in [0.15, 0.2) is 16.7 Å². The van der Waals surface area contributed by atoms with Gasteiger partial charge in [-0.15, -0.1) is 10.2 Å². The van der Waals surface area contributed by atoms with Gasteiger partial charge in [-0.3, -0.25) is 14.1 Å². The van der Waals surface area contributed by atoms with E-state index in [1.807, 2.05) is 11.5 Å². The maximum atomic E-state index is 12.7. The van der Waals surface area contributed by atoms with Gasteiger partial charge in [0.25, 0.3) is 10.0 Å². The summed E-state index contributed by atoms with van der Waals surface area (Å²) < 4.78 is 35.2. The molecule has 0 radical (unpaired) electrons. The fourth-order valence-corrected chi connectivity index (χ4v) is 5.15. The van der Waals surface area contributed by atoms with Crippen molar-refractivity contribution < 1.29 is 17.6 Å². The van der Waals surface area contributed by atoms with E-state index in [1.165, 1.54) is 23.9 Å². The van der Waals surface area contributed by atoms with Crippen LogP contribution in [-0.4, -0.2) is 34.8 Å². The van der Waals surface area contributed by atoms with Gasteiger partial charge in [-0.1, -0.05) is 36.0 Å². The van der Waals surface area contributed by atoms with E-state index in [1.54, 1.807) is 61.7 Å². The summed E-state index contributed by atoms with van der Waals surface area (Å²) in [5.41, 5.74) is 1.60. The Labute approximate surface area is 201 Å². The quantitative estimate of drug-likeness (QED) is 0.329. The lowest BCUT2D eigenvalue weighted by Crippen LogP contribution is -2.16. The van der Waals surface area contributed by atoms with Crippen LogP contribution in [0.2, 0.25) is 0 Å². The smallest absolute Gasteiger partial charge is 0.261 e. The van der Waals surface area contributed by atoms with Gasteiger partial charge in [-0.05, 0) is 55.8 Å². The molecule has 0 fully saturated rings. The van der Waals surface area contributed by atoms with Crippen molar-refractivity contribution in [2.75, 3.05) is 15.8 Å². The molecule has 4 rings (SSSR count). The highest BCUT2D eigenvalue weighted by Crippen LogP contribution is 2.26. The second kappa shape index (κ2) is 10.1. The molecule has 11 heteroatoms. The van der Waals surface area contributed by atoms with Crippen molar-refractivity contribution in [1.82, 2.24) is 14.8 Å². The van der Waals surface area contributed by atoms with E-state index in [0.29, 0.717) is 34.7 Å². The molecule has 0 saturated heterocycles. The Morgan fingerprint density at radius 3 is 2.59 bits per heavy atom. The van der Waals surface area contributed by atoms with Crippen LogP contribution in [-0.2, 0) is 21.4 Å². The minimum absolute atomic E-state index is 0.106. The number of rotatable bonds is 9. The molecule has 0 aliphatic rings. The Morgan fingerprint density at radius 2 is 1.88 bits per heavy atom. The van der Waals surface area contributed by atoms with Crippen molar-refractivity contribution in [3.05, 3.63) is 72.5 Å². The van der Waals surface area contributed by atoms with Gasteiger partial charge < -0.3 is 9.73 Å². The molecule has 1 amide bonds. The van der Waals surface area contributed by atoms with E-state index in [4.69, 9.17) is 4.42 Å². The number of benzene rings is 2. The van der Waals surface area contributed by atoms with Gasteiger partial charge >= 0.3 is 0 Å². The highest BCUT2D eigenvalue weighted by atomic mass is 32.2. The second-order valence-electron chi connectivity index (χ2n) is 7.31. The number of anilines is 2. The average Bonchev–Trinajstić information content (AvgIpc) is 3.50. The Kier molecular flexibility index (Phi) is 7.03. The molecule has 0 aliphatic heterocycles. The van der Waals surface area contributed by atoms with Crippen LogP contribution < -0.4 is 10.0 Å². The van der Waals surface area contributed by atoms with Crippen molar-refractivity contribution in [3.63, 3.8) is 0 Å². The van der Waals surface area contributed by atoms with E-state index in [-0.39, 0.29) is 16.6 Å². The van der Waals surface area contributed by atoms with Gasteiger partial charge in [0.1, 0.15) is 0 Å². The topological polar surface area (TPSA) is 119 Å².